The molecule has 0 saturated heterocycles. The minimum atomic E-state index is -0.588. The third-order valence-corrected chi connectivity index (χ3v) is 4.91. The molecule has 1 aromatic heterocycles. The van der Waals surface area contributed by atoms with E-state index in [0.717, 1.165) is 4.57 Å². The Morgan fingerprint density at radius 1 is 0.778 bits per heavy atom. The number of hydrogen-bond donors (Lipinski definition) is 2. The molecule has 0 unspecified atom stereocenters. The lowest BCUT2D eigenvalue weighted by Gasteiger charge is -2.07. The van der Waals surface area contributed by atoms with Gasteiger partial charge in [0.2, 0.25) is 0 Å². The zero-order valence-corrected chi connectivity index (χ0v) is 14.8. The summed E-state index contributed by atoms with van der Waals surface area (Å²) in [5.74, 6) is 0.0387. The van der Waals surface area contributed by atoms with Crippen molar-refractivity contribution in [1.82, 2.24) is 4.57 Å². The first-order valence-electron chi connectivity index (χ1n) is 8.55. The maximum absolute atomic E-state index is 13.0. The summed E-state index contributed by atoms with van der Waals surface area (Å²) < 4.78 is 1.07. The van der Waals surface area contributed by atoms with Crippen molar-refractivity contribution in [3.63, 3.8) is 0 Å². The van der Waals surface area contributed by atoms with Crippen molar-refractivity contribution >= 4 is 43.7 Å². The van der Waals surface area contributed by atoms with Crippen LogP contribution in [0.1, 0.15) is 13.8 Å². The van der Waals surface area contributed by atoms with Crippen LogP contribution in [0.25, 0.3) is 32.3 Å². The van der Waals surface area contributed by atoms with Crippen LogP contribution in [0.3, 0.4) is 0 Å². The smallest absolute Gasteiger partial charge is 0.263 e. The van der Waals surface area contributed by atoms with Crippen molar-refractivity contribution < 1.29 is 0 Å². The molecule has 4 rings (SSSR count). The average Bonchev–Trinajstić information content (AvgIpc) is 2.87. The molecule has 7 heteroatoms. The number of aromatic nitrogens is 1. The molecule has 0 fully saturated rings. The molecule has 0 radical (unpaired) electrons. The van der Waals surface area contributed by atoms with Gasteiger partial charge in [-0.05, 0) is 5.92 Å². The lowest BCUT2D eigenvalue weighted by Crippen LogP contribution is -2.27. The second-order valence-electron chi connectivity index (χ2n) is 7.15. The van der Waals surface area contributed by atoms with Gasteiger partial charge in [0, 0.05) is 17.3 Å². The summed E-state index contributed by atoms with van der Waals surface area (Å²) in [6.07, 6.45) is 0. The van der Waals surface area contributed by atoms with E-state index in [-0.39, 0.29) is 56.2 Å². The molecular formula is C20H17N3O4. The van der Waals surface area contributed by atoms with E-state index in [1.807, 2.05) is 13.8 Å². The molecule has 0 bridgehead atoms. The number of benzene rings is 3. The Balaban J connectivity index is 2.39. The maximum atomic E-state index is 13.0. The fourth-order valence-electron chi connectivity index (χ4n) is 3.75. The number of nitrogens with zero attached hydrogens (tertiary/aromatic N) is 1. The summed E-state index contributed by atoms with van der Waals surface area (Å²) in [7, 11) is 0. The Hall–Kier alpha value is -3.48. The van der Waals surface area contributed by atoms with Crippen LogP contribution in [0.2, 0.25) is 0 Å². The van der Waals surface area contributed by atoms with E-state index in [1.165, 1.54) is 12.1 Å². The summed E-state index contributed by atoms with van der Waals surface area (Å²) in [6, 6.07) is 6.33. The van der Waals surface area contributed by atoms with Crippen LogP contribution >= 0.6 is 0 Å². The Morgan fingerprint density at radius 3 is 1.56 bits per heavy atom. The van der Waals surface area contributed by atoms with Crippen LogP contribution in [-0.4, -0.2) is 4.57 Å². The molecule has 0 spiro atoms. The molecule has 4 aromatic rings. The SMILES string of the molecule is CC(C)Cn1c(=O)c2c(N)c3c(=O)c4ccccc4c(=O)c3c(N)c2c1=O. The quantitative estimate of drug-likeness (QED) is 0.312. The first-order chi connectivity index (χ1) is 12.8. The molecule has 27 heavy (non-hydrogen) atoms. The molecular weight excluding hydrogens is 346 g/mol. The van der Waals surface area contributed by atoms with Gasteiger partial charge in [-0.15, -0.1) is 0 Å². The fourth-order valence-corrected chi connectivity index (χ4v) is 3.75. The first kappa shape index (κ1) is 17.0. The van der Waals surface area contributed by atoms with Crippen LogP contribution in [-0.2, 0) is 6.54 Å². The molecule has 0 amide bonds. The molecule has 0 aliphatic heterocycles. The highest BCUT2D eigenvalue weighted by Gasteiger charge is 2.25. The third-order valence-electron chi connectivity index (χ3n) is 4.91. The van der Waals surface area contributed by atoms with Crippen LogP contribution < -0.4 is 33.4 Å². The predicted octanol–water partition coefficient (Wildman–Crippen LogP) is 1.08. The second kappa shape index (κ2) is 5.51. The van der Waals surface area contributed by atoms with E-state index in [2.05, 4.69) is 0 Å². The van der Waals surface area contributed by atoms with Crippen LogP contribution in [0.4, 0.5) is 11.4 Å². The first-order valence-corrected chi connectivity index (χ1v) is 8.55. The standard InChI is InChI=1S/C20H17N3O4/c1-8(2)7-23-19(26)13-14(20(23)27)16(22)12-11(15(13)21)17(24)9-5-3-4-6-10(9)18(12)25/h3-6,8H,7,21-22H2,1-2H3. The minimum Gasteiger partial charge on any atom is -0.397 e. The summed E-state index contributed by atoms with van der Waals surface area (Å²) in [5.41, 5.74) is 9.85. The highest BCUT2D eigenvalue weighted by atomic mass is 16.2. The van der Waals surface area contributed by atoms with E-state index < -0.39 is 22.0 Å². The van der Waals surface area contributed by atoms with Crippen molar-refractivity contribution in [3.8, 4) is 0 Å². The Labute approximate surface area is 152 Å². The predicted molar refractivity (Wildman–Crippen MR) is 108 cm³/mol. The molecule has 0 aliphatic carbocycles. The van der Waals surface area contributed by atoms with Gasteiger partial charge in [0.15, 0.2) is 10.9 Å². The molecule has 7 nitrogen and oxygen atoms in total. The summed E-state index contributed by atoms with van der Waals surface area (Å²) in [6.45, 7) is 3.92. The van der Waals surface area contributed by atoms with E-state index in [0.29, 0.717) is 0 Å². The van der Waals surface area contributed by atoms with Gasteiger partial charge in [0.05, 0.1) is 32.9 Å². The molecule has 0 saturated carbocycles. The van der Waals surface area contributed by atoms with Gasteiger partial charge >= 0.3 is 0 Å². The summed E-state index contributed by atoms with van der Waals surface area (Å²) >= 11 is 0. The van der Waals surface area contributed by atoms with E-state index in [1.54, 1.807) is 12.1 Å². The summed E-state index contributed by atoms with van der Waals surface area (Å²) in [5, 5.41) is 0.0496. The van der Waals surface area contributed by atoms with E-state index in [9.17, 15) is 19.2 Å². The monoisotopic (exact) mass is 363 g/mol. The number of fused-ring (bicyclic) bond motifs is 3. The third kappa shape index (κ3) is 2.08. The van der Waals surface area contributed by atoms with Crippen molar-refractivity contribution in [2.75, 3.05) is 11.5 Å². The highest BCUT2D eigenvalue weighted by molar-refractivity contribution is 6.20. The molecule has 136 valence electrons. The van der Waals surface area contributed by atoms with Gasteiger partial charge in [-0.25, -0.2) is 0 Å². The number of nitrogen functional groups attached to an aromatic ring is 2. The van der Waals surface area contributed by atoms with Crippen molar-refractivity contribution in [3.05, 3.63) is 65.4 Å². The van der Waals surface area contributed by atoms with Crippen LogP contribution in [0.15, 0.2) is 43.4 Å². The number of nitrogens with two attached hydrogens (primary N) is 2. The van der Waals surface area contributed by atoms with E-state index >= 15 is 0 Å². The molecule has 3 aromatic carbocycles. The Bertz CT molecular complexity index is 1370. The van der Waals surface area contributed by atoms with E-state index in [4.69, 9.17) is 11.5 Å². The number of anilines is 2. The normalized spacial score (nSPS) is 12.0. The average molecular weight is 363 g/mol. The largest absolute Gasteiger partial charge is 0.397 e. The van der Waals surface area contributed by atoms with Gasteiger partial charge in [0.1, 0.15) is 0 Å². The molecule has 0 atom stereocenters. The lowest BCUT2D eigenvalue weighted by molar-refractivity contribution is 0.508. The topological polar surface area (TPSA) is 125 Å². The second-order valence-corrected chi connectivity index (χ2v) is 7.15. The van der Waals surface area contributed by atoms with Gasteiger partial charge in [-0.1, -0.05) is 38.1 Å². The van der Waals surface area contributed by atoms with Crippen molar-refractivity contribution in [1.29, 1.82) is 0 Å². The van der Waals surface area contributed by atoms with Crippen molar-refractivity contribution in [2.24, 2.45) is 5.92 Å². The molecule has 0 aliphatic rings. The maximum Gasteiger partial charge on any atom is 0.263 e. The fraction of sp³-hybridized carbons (Fsp3) is 0.200. The Morgan fingerprint density at radius 2 is 1.19 bits per heavy atom. The zero-order valence-electron chi connectivity index (χ0n) is 14.8. The highest BCUT2D eigenvalue weighted by Crippen LogP contribution is 2.31. The lowest BCUT2D eigenvalue weighted by atomic mass is 9.97. The Kier molecular flexibility index (Phi) is 3.46. The zero-order chi connectivity index (χ0) is 19.6. The van der Waals surface area contributed by atoms with Gasteiger partial charge in [0.25, 0.3) is 11.1 Å². The van der Waals surface area contributed by atoms with Gasteiger partial charge in [-0.3, -0.25) is 23.7 Å². The van der Waals surface area contributed by atoms with Gasteiger partial charge in [-0.2, -0.15) is 0 Å². The van der Waals surface area contributed by atoms with Crippen molar-refractivity contribution in [2.45, 2.75) is 20.4 Å². The summed E-state index contributed by atoms with van der Waals surface area (Å²) in [4.78, 5) is 51.6. The molecule has 1 heterocycles. The van der Waals surface area contributed by atoms with Crippen LogP contribution in [0.5, 0.6) is 0 Å². The van der Waals surface area contributed by atoms with Crippen LogP contribution in [0, 0.1) is 5.92 Å². The minimum absolute atomic E-state index is 0.0387. The molecule has 4 N–H and O–H groups in total. The van der Waals surface area contributed by atoms with Gasteiger partial charge < -0.3 is 11.5 Å². The number of hydrogen-bond acceptors (Lipinski definition) is 6. The number of rotatable bonds is 2.